The molecule has 3 aromatic rings. The molecule has 1 aliphatic heterocycles. The maximum Gasteiger partial charge on any atom is 0.326 e. The Morgan fingerprint density at radius 1 is 1.11 bits per heavy atom. The minimum absolute atomic E-state index is 0.0421. The van der Waals surface area contributed by atoms with E-state index in [9.17, 15) is 24.5 Å². The van der Waals surface area contributed by atoms with Crippen LogP contribution in [0.15, 0.2) is 65.6 Å². The number of imide groups is 1. The number of ether oxygens (including phenoxy) is 2. The van der Waals surface area contributed by atoms with Gasteiger partial charge < -0.3 is 9.47 Å². The standard InChI is InChI=1S/C26H22N2O7S/c1-16(2)35-24(29)14-27-25(30)23(36-26(27)31)13-21-20-9-4-3-7-18(20)10-11-22(21)34-15-17-6-5-8-19(12-17)28(32)33/h3-13,16H,14-15H2,1-2H3/b23-13+. The molecular formula is C26H22N2O7S. The first-order valence-corrected chi connectivity index (χ1v) is 11.9. The van der Waals surface area contributed by atoms with Crippen molar-refractivity contribution >= 4 is 51.4 Å². The molecule has 0 aromatic heterocycles. The van der Waals surface area contributed by atoms with Crippen molar-refractivity contribution in [3.05, 3.63) is 86.8 Å². The van der Waals surface area contributed by atoms with Crippen molar-refractivity contribution in [1.29, 1.82) is 0 Å². The summed E-state index contributed by atoms with van der Waals surface area (Å²) >= 11 is 0.735. The van der Waals surface area contributed by atoms with Gasteiger partial charge in [-0.2, -0.15) is 0 Å². The van der Waals surface area contributed by atoms with Crippen LogP contribution in [0.25, 0.3) is 16.8 Å². The first kappa shape index (κ1) is 24.9. The van der Waals surface area contributed by atoms with Crippen LogP contribution < -0.4 is 4.74 Å². The van der Waals surface area contributed by atoms with Gasteiger partial charge >= 0.3 is 5.97 Å². The molecule has 1 saturated heterocycles. The molecule has 0 unspecified atom stereocenters. The molecule has 0 saturated carbocycles. The Bertz CT molecular complexity index is 1400. The second kappa shape index (κ2) is 10.6. The van der Waals surface area contributed by atoms with Crippen molar-refractivity contribution in [1.82, 2.24) is 4.90 Å². The van der Waals surface area contributed by atoms with Crippen molar-refractivity contribution in [2.24, 2.45) is 0 Å². The maximum absolute atomic E-state index is 13.0. The van der Waals surface area contributed by atoms with Gasteiger partial charge in [-0.05, 0) is 54.1 Å². The molecule has 0 atom stereocenters. The van der Waals surface area contributed by atoms with Crippen molar-refractivity contribution in [2.75, 3.05) is 6.54 Å². The fourth-order valence-electron chi connectivity index (χ4n) is 3.67. The molecule has 36 heavy (non-hydrogen) atoms. The maximum atomic E-state index is 13.0. The molecule has 2 amide bonds. The van der Waals surface area contributed by atoms with E-state index in [1.165, 1.54) is 12.1 Å². The number of carbonyl (C=O) groups is 3. The van der Waals surface area contributed by atoms with Crippen LogP contribution in [0.4, 0.5) is 10.5 Å². The smallest absolute Gasteiger partial charge is 0.326 e. The molecule has 4 rings (SSSR count). The third-order valence-corrected chi connectivity index (χ3v) is 6.16. The van der Waals surface area contributed by atoms with E-state index in [1.54, 1.807) is 38.1 Å². The number of thioether (sulfide) groups is 1. The monoisotopic (exact) mass is 506 g/mol. The number of hydrogen-bond donors (Lipinski definition) is 0. The van der Waals surface area contributed by atoms with Gasteiger partial charge in [0, 0.05) is 17.7 Å². The number of nitro groups is 1. The molecule has 9 nitrogen and oxygen atoms in total. The average Bonchev–Trinajstić information content (AvgIpc) is 3.10. The topological polar surface area (TPSA) is 116 Å². The zero-order valence-electron chi connectivity index (χ0n) is 19.5. The first-order chi connectivity index (χ1) is 17.2. The lowest BCUT2D eigenvalue weighted by atomic mass is 10.0. The number of rotatable bonds is 8. The zero-order chi connectivity index (χ0) is 25.8. The Morgan fingerprint density at radius 2 is 1.89 bits per heavy atom. The molecule has 3 aromatic carbocycles. The highest BCUT2D eigenvalue weighted by atomic mass is 32.2. The molecule has 1 aliphatic rings. The van der Waals surface area contributed by atoms with Crippen molar-refractivity contribution in [2.45, 2.75) is 26.6 Å². The first-order valence-electron chi connectivity index (χ1n) is 11.1. The second-order valence-electron chi connectivity index (χ2n) is 8.22. The van der Waals surface area contributed by atoms with E-state index in [1.807, 2.05) is 30.3 Å². The highest BCUT2D eigenvalue weighted by Gasteiger charge is 2.37. The minimum Gasteiger partial charge on any atom is -0.488 e. The SMILES string of the molecule is CC(C)OC(=O)CN1C(=O)S/C(=C/c2c(OCc3cccc([N+](=O)[O-])c3)ccc3ccccc23)C1=O. The van der Waals surface area contributed by atoms with Gasteiger partial charge in [0.2, 0.25) is 0 Å². The van der Waals surface area contributed by atoms with Crippen molar-refractivity contribution < 1.29 is 28.8 Å². The summed E-state index contributed by atoms with van der Waals surface area (Å²) in [5.41, 5.74) is 1.14. The Morgan fingerprint density at radius 3 is 2.64 bits per heavy atom. The molecule has 1 heterocycles. The van der Waals surface area contributed by atoms with Crippen LogP contribution in [0.2, 0.25) is 0 Å². The van der Waals surface area contributed by atoms with Crippen LogP contribution in [-0.2, 0) is 20.9 Å². The van der Waals surface area contributed by atoms with Gasteiger partial charge in [0.15, 0.2) is 0 Å². The number of hydrogen-bond acceptors (Lipinski definition) is 8. The average molecular weight is 507 g/mol. The lowest BCUT2D eigenvalue weighted by molar-refractivity contribution is -0.384. The van der Waals surface area contributed by atoms with E-state index in [4.69, 9.17) is 9.47 Å². The molecule has 0 bridgehead atoms. The lowest BCUT2D eigenvalue weighted by Crippen LogP contribution is -2.35. The van der Waals surface area contributed by atoms with Crippen LogP contribution in [0.3, 0.4) is 0 Å². The van der Waals surface area contributed by atoms with Gasteiger partial charge in [-0.15, -0.1) is 0 Å². The number of non-ortho nitro benzene ring substituents is 1. The second-order valence-corrected chi connectivity index (χ2v) is 9.21. The minimum atomic E-state index is -0.667. The summed E-state index contributed by atoms with van der Waals surface area (Å²) < 4.78 is 11.1. The Labute approximate surface area is 210 Å². The van der Waals surface area contributed by atoms with Crippen molar-refractivity contribution in [3.8, 4) is 5.75 Å². The molecule has 10 heteroatoms. The lowest BCUT2D eigenvalue weighted by Gasteiger charge is -2.14. The fourth-order valence-corrected chi connectivity index (χ4v) is 4.49. The van der Waals surface area contributed by atoms with E-state index < -0.39 is 28.6 Å². The molecule has 184 valence electrons. The van der Waals surface area contributed by atoms with Gasteiger partial charge in [0.05, 0.1) is 15.9 Å². The normalized spacial score (nSPS) is 14.6. The third kappa shape index (κ3) is 5.55. The number of benzene rings is 3. The largest absolute Gasteiger partial charge is 0.488 e. The van der Waals surface area contributed by atoms with Crippen LogP contribution in [0.1, 0.15) is 25.0 Å². The number of nitrogens with zero attached hydrogens (tertiary/aromatic N) is 2. The van der Waals surface area contributed by atoms with Crippen molar-refractivity contribution in [3.63, 3.8) is 0 Å². The summed E-state index contributed by atoms with van der Waals surface area (Å²) in [6.07, 6.45) is 1.21. The number of amides is 2. The predicted molar refractivity (Wildman–Crippen MR) is 135 cm³/mol. The third-order valence-electron chi connectivity index (χ3n) is 5.25. The summed E-state index contributed by atoms with van der Waals surface area (Å²) in [5, 5.41) is 12.2. The summed E-state index contributed by atoms with van der Waals surface area (Å²) in [6, 6.07) is 17.2. The molecular weight excluding hydrogens is 484 g/mol. The Balaban J connectivity index is 1.65. The highest BCUT2D eigenvalue weighted by molar-refractivity contribution is 8.18. The van der Waals surface area contributed by atoms with E-state index in [0.29, 0.717) is 16.9 Å². The van der Waals surface area contributed by atoms with Gasteiger partial charge in [-0.1, -0.05) is 42.5 Å². The summed E-state index contributed by atoms with van der Waals surface area (Å²) in [5.74, 6) is -0.825. The molecule has 0 aliphatic carbocycles. The Hall–Kier alpha value is -4.18. The number of fused-ring (bicyclic) bond motifs is 1. The fraction of sp³-hybridized carbons (Fsp3) is 0.192. The van der Waals surface area contributed by atoms with Crippen LogP contribution >= 0.6 is 11.8 Å². The number of esters is 1. The summed E-state index contributed by atoms with van der Waals surface area (Å²) in [4.78, 5) is 49.1. The molecule has 1 fully saturated rings. The molecule has 0 spiro atoms. The van der Waals surface area contributed by atoms with Gasteiger partial charge in [-0.3, -0.25) is 29.4 Å². The summed E-state index contributed by atoms with van der Waals surface area (Å²) in [7, 11) is 0. The number of carbonyl (C=O) groups excluding carboxylic acids is 3. The molecule has 0 radical (unpaired) electrons. The van der Waals surface area contributed by atoms with E-state index in [-0.39, 0.29) is 23.3 Å². The van der Waals surface area contributed by atoms with E-state index >= 15 is 0 Å². The van der Waals surface area contributed by atoms with E-state index in [2.05, 4.69) is 0 Å². The van der Waals surface area contributed by atoms with E-state index in [0.717, 1.165) is 27.4 Å². The quantitative estimate of drug-likeness (QED) is 0.175. The number of nitro benzene ring substituents is 1. The molecule has 0 N–H and O–H groups in total. The Kier molecular flexibility index (Phi) is 7.35. The summed E-state index contributed by atoms with van der Waals surface area (Å²) in [6.45, 7) is 2.96. The van der Waals surface area contributed by atoms with Gasteiger partial charge in [0.25, 0.3) is 16.8 Å². The predicted octanol–water partition coefficient (Wildman–Crippen LogP) is 5.31. The van der Waals surface area contributed by atoms with Crippen LogP contribution in [0.5, 0.6) is 5.75 Å². The van der Waals surface area contributed by atoms with Crippen LogP contribution in [0, 0.1) is 10.1 Å². The zero-order valence-corrected chi connectivity index (χ0v) is 20.3. The van der Waals surface area contributed by atoms with Crippen LogP contribution in [-0.4, -0.2) is 39.6 Å². The van der Waals surface area contributed by atoms with Gasteiger partial charge in [0.1, 0.15) is 18.9 Å². The van der Waals surface area contributed by atoms with Gasteiger partial charge in [-0.25, -0.2) is 0 Å². The highest BCUT2D eigenvalue weighted by Crippen LogP contribution is 2.37.